The normalized spacial score (nSPS) is 24.1. The van der Waals surface area contributed by atoms with Gasteiger partial charge >= 0.3 is 0 Å². The second-order valence-corrected chi connectivity index (χ2v) is 9.05. The molecule has 1 aromatic heterocycles. The van der Waals surface area contributed by atoms with Crippen LogP contribution in [0.2, 0.25) is 0 Å². The van der Waals surface area contributed by atoms with Crippen LogP contribution in [0, 0.1) is 6.92 Å². The van der Waals surface area contributed by atoms with Crippen molar-refractivity contribution in [3.05, 3.63) is 23.9 Å². The number of nitrogens with zero attached hydrogens (tertiary/aromatic N) is 2. The van der Waals surface area contributed by atoms with Crippen molar-refractivity contribution < 1.29 is 19.1 Å². The lowest BCUT2D eigenvalue weighted by Crippen LogP contribution is -2.49. The van der Waals surface area contributed by atoms with Gasteiger partial charge in [-0.25, -0.2) is 0 Å². The van der Waals surface area contributed by atoms with Crippen molar-refractivity contribution in [3.63, 3.8) is 0 Å². The molecule has 8 nitrogen and oxygen atoms in total. The van der Waals surface area contributed by atoms with E-state index in [0.717, 1.165) is 67.5 Å². The maximum Gasteiger partial charge on any atom is 0.251 e. The van der Waals surface area contributed by atoms with Gasteiger partial charge in [0, 0.05) is 6.42 Å². The van der Waals surface area contributed by atoms with Gasteiger partial charge in [-0.3, -0.25) is 19.6 Å². The van der Waals surface area contributed by atoms with Crippen LogP contribution in [0.1, 0.15) is 56.7 Å². The molecule has 3 heterocycles. The van der Waals surface area contributed by atoms with Crippen LogP contribution in [0.15, 0.2) is 18.2 Å². The van der Waals surface area contributed by atoms with E-state index in [2.05, 4.69) is 15.7 Å². The number of hydrogen-bond acceptors (Lipinski definition) is 6. The zero-order valence-corrected chi connectivity index (χ0v) is 18.0. The summed E-state index contributed by atoms with van der Waals surface area (Å²) in [5, 5.41) is 11.4. The Bertz CT molecular complexity index is 991. The lowest BCUT2D eigenvalue weighted by molar-refractivity contribution is -0.135. The number of imide groups is 1. The van der Waals surface area contributed by atoms with Crippen molar-refractivity contribution in [2.45, 2.75) is 69.6 Å². The molecule has 8 heteroatoms. The quantitative estimate of drug-likeness (QED) is 0.689. The van der Waals surface area contributed by atoms with Crippen LogP contribution < -0.4 is 15.4 Å². The predicted octanol–water partition coefficient (Wildman–Crippen LogP) is 2.39. The molecule has 2 amide bonds. The molecule has 1 saturated carbocycles. The summed E-state index contributed by atoms with van der Waals surface area (Å²) in [6, 6.07) is 5.41. The van der Waals surface area contributed by atoms with E-state index in [9.17, 15) is 9.59 Å². The van der Waals surface area contributed by atoms with E-state index in [0.29, 0.717) is 25.6 Å². The molecule has 3 aliphatic rings. The Labute approximate surface area is 181 Å². The van der Waals surface area contributed by atoms with Gasteiger partial charge in [-0.15, -0.1) is 0 Å². The van der Waals surface area contributed by atoms with Crippen LogP contribution in [-0.2, 0) is 14.3 Å². The van der Waals surface area contributed by atoms with Crippen molar-refractivity contribution in [1.82, 2.24) is 20.4 Å². The summed E-state index contributed by atoms with van der Waals surface area (Å²) in [5.74, 6) is 0.277. The molecule has 2 saturated heterocycles. The van der Waals surface area contributed by atoms with E-state index >= 15 is 0 Å². The van der Waals surface area contributed by atoms with Gasteiger partial charge in [0.2, 0.25) is 5.91 Å². The molecule has 1 aliphatic carbocycles. The van der Waals surface area contributed by atoms with Crippen LogP contribution in [0.4, 0.5) is 0 Å². The third kappa shape index (κ3) is 3.94. The Kier molecular flexibility index (Phi) is 5.44. The van der Waals surface area contributed by atoms with E-state index < -0.39 is 6.04 Å². The van der Waals surface area contributed by atoms with Crippen LogP contribution in [-0.4, -0.2) is 53.0 Å². The maximum absolute atomic E-state index is 12.4. The van der Waals surface area contributed by atoms with Crippen LogP contribution >= 0.6 is 0 Å². The molecule has 2 aromatic rings. The highest BCUT2D eigenvalue weighted by molar-refractivity contribution is 6.00. The molecular formula is C23H30N4O4. The SMILES string of the molecule is Cc1nn(C2CCC(=O)NC2=O)c2cccc(OC3(COC4CCNCC4)CCC3)c12. The minimum Gasteiger partial charge on any atom is -0.484 e. The third-order valence-corrected chi connectivity index (χ3v) is 6.84. The molecule has 1 unspecified atom stereocenters. The zero-order valence-electron chi connectivity index (χ0n) is 18.0. The van der Waals surface area contributed by atoms with Crippen molar-refractivity contribution in [3.8, 4) is 5.75 Å². The van der Waals surface area contributed by atoms with E-state index in [1.54, 1.807) is 4.68 Å². The number of nitrogens with one attached hydrogen (secondary N) is 2. The second-order valence-electron chi connectivity index (χ2n) is 9.05. The first-order valence-electron chi connectivity index (χ1n) is 11.4. The summed E-state index contributed by atoms with van der Waals surface area (Å²) in [5.41, 5.74) is 1.39. The van der Waals surface area contributed by atoms with Crippen LogP contribution in [0.25, 0.3) is 10.9 Å². The maximum atomic E-state index is 12.4. The Hall–Kier alpha value is -2.45. The average molecular weight is 427 g/mol. The summed E-state index contributed by atoms with van der Waals surface area (Å²) < 4.78 is 14.6. The Balaban J connectivity index is 1.39. The minimum absolute atomic E-state index is 0.223. The van der Waals surface area contributed by atoms with Crippen molar-refractivity contribution in [1.29, 1.82) is 0 Å². The lowest BCUT2D eigenvalue weighted by atomic mass is 9.80. The van der Waals surface area contributed by atoms with Gasteiger partial charge in [0.25, 0.3) is 5.91 Å². The van der Waals surface area contributed by atoms with Crippen LogP contribution in [0.5, 0.6) is 5.75 Å². The predicted molar refractivity (Wildman–Crippen MR) is 115 cm³/mol. The highest BCUT2D eigenvalue weighted by Crippen LogP contribution is 2.41. The molecule has 1 atom stereocenters. The highest BCUT2D eigenvalue weighted by atomic mass is 16.5. The first-order valence-corrected chi connectivity index (χ1v) is 11.4. The number of piperidine rings is 2. The third-order valence-electron chi connectivity index (χ3n) is 6.84. The van der Waals surface area contributed by atoms with Gasteiger partial charge in [-0.2, -0.15) is 5.10 Å². The fourth-order valence-electron chi connectivity index (χ4n) is 4.89. The number of ether oxygens (including phenoxy) is 2. The first kappa shape index (κ1) is 20.5. The van der Waals surface area contributed by atoms with Crippen LogP contribution in [0.3, 0.4) is 0 Å². The zero-order chi connectivity index (χ0) is 21.4. The molecule has 31 heavy (non-hydrogen) atoms. The minimum atomic E-state index is -0.481. The van der Waals surface area contributed by atoms with Crippen molar-refractivity contribution in [2.24, 2.45) is 0 Å². The summed E-state index contributed by atoms with van der Waals surface area (Å²) in [6.45, 7) is 4.57. The number of carbonyl (C=O) groups excluding carboxylic acids is 2. The van der Waals surface area contributed by atoms with Gasteiger partial charge < -0.3 is 14.8 Å². The molecule has 0 bridgehead atoms. The number of aromatic nitrogens is 2. The lowest BCUT2D eigenvalue weighted by Gasteiger charge is -2.42. The van der Waals surface area contributed by atoms with E-state index in [4.69, 9.17) is 9.47 Å². The number of amides is 2. The summed E-state index contributed by atoms with van der Waals surface area (Å²) in [4.78, 5) is 24.0. The number of carbonyl (C=O) groups is 2. The Morgan fingerprint density at radius 2 is 2.00 bits per heavy atom. The first-order chi connectivity index (χ1) is 15.0. The monoisotopic (exact) mass is 426 g/mol. The molecule has 0 spiro atoms. The molecule has 166 valence electrons. The second kappa shape index (κ2) is 8.24. The van der Waals surface area contributed by atoms with Crippen molar-refractivity contribution >= 4 is 22.7 Å². The van der Waals surface area contributed by atoms with Gasteiger partial charge in [-0.05, 0) is 70.7 Å². The summed E-state index contributed by atoms with van der Waals surface area (Å²) >= 11 is 0. The van der Waals surface area contributed by atoms with Crippen molar-refractivity contribution in [2.75, 3.05) is 19.7 Å². The van der Waals surface area contributed by atoms with E-state index in [1.165, 1.54) is 0 Å². The molecule has 3 fully saturated rings. The molecule has 1 aromatic carbocycles. The number of fused-ring (bicyclic) bond motifs is 1. The van der Waals surface area contributed by atoms with Gasteiger partial charge in [-0.1, -0.05) is 6.07 Å². The smallest absolute Gasteiger partial charge is 0.251 e. The summed E-state index contributed by atoms with van der Waals surface area (Å²) in [6.07, 6.45) is 6.27. The fourth-order valence-corrected chi connectivity index (χ4v) is 4.89. The molecule has 0 radical (unpaired) electrons. The standard InChI is InChI=1S/C23H30N4O4/c1-15-21-17(27(26-15)18-6-7-20(28)25-22(18)29)4-2-5-19(21)31-23(10-3-11-23)14-30-16-8-12-24-13-9-16/h2,4-5,16,18,24H,3,6-14H2,1H3,(H,25,28,29). The van der Waals surface area contributed by atoms with Gasteiger partial charge in [0.05, 0.1) is 29.3 Å². The fraction of sp³-hybridized carbons (Fsp3) is 0.609. The van der Waals surface area contributed by atoms with Gasteiger partial charge in [0.15, 0.2) is 0 Å². The number of hydrogen-bond donors (Lipinski definition) is 2. The Morgan fingerprint density at radius 1 is 1.19 bits per heavy atom. The number of aryl methyl sites for hydroxylation is 1. The van der Waals surface area contributed by atoms with Gasteiger partial charge in [0.1, 0.15) is 17.4 Å². The highest BCUT2D eigenvalue weighted by Gasteiger charge is 2.41. The Morgan fingerprint density at radius 3 is 2.71 bits per heavy atom. The van der Waals surface area contributed by atoms with E-state index in [-0.39, 0.29) is 17.4 Å². The van der Waals surface area contributed by atoms with E-state index in [1.807, 2.05) is 25.1 Å². The molecular weight excluding hydrogens is 396 g/mol. The molecule has 2 N–H and O–H groups in total. The topological polar surface area (TPSA) is 94.5 Å². The number of rotatable bonds is 6. The molecule has 2 aliphatic heterocycles. The average Bonchev–Trinajstić information content (AvgIpc) is 3.08. The summed E-state index contributed by atoms with van der Waals surface area (Å²) in [7, 11) is 0. The largest absolute Gasteiger partial charge is 0.484 e. The number of benzene rings is 1. The molecule has 5 rings (SSSR count).